The Balaban J connectivity index is 1.88. The monoisotopic (exact) mass is 425 g/mol. The third kappa shape index (κ3) is 5.63. The van der Waals surface area contributed by atoms with Crippen molar-refractivity contribution in [1.29, 1.82) is 5.26 Å². The summed E-state index contributed by atoms with van der Waals surface area (Å²) in [5.41, 5.74) is 4.02. The maximum atomic E-state index is 13.0. The lowest BCUT2D eigenvalue weighted by atomic mass is 9.91. The van der Waals surface area contributed by atoms with E-state index in [-0.39, 0.29) is 12.6 Å². The standard InChI is InChI=1S/C23H31N5O3/c1-4-31-22(29)20-19(15-28-12-10-27(11-13-28)9-5-8-24)25-23(30)26-21(20)18-14-16(2)6-7-17(18)3/h6-7,14,21H,4-5,9-13,15H2,1-3H3,(H2,25,26,30)/t21-/m0/s1. The van der Waals surface area contributed by atoms with E-state index in [4.69, 9.17) is 10.00 Å². The van der Waals surface area contributed by atoms with Gasteiger partial charge in [0.15, 0.2) is 0 Å². The average molecular weight is 426 g/mol. The minimum atomic E-state index is -0.556. The number of nitriles is 1. The average Bonchev–Trinajstić information content (AvgIpc) is 2.74. The molecule has 31 heavy (non-hydrogen) atoms. The van der Waals surface area contributed by atoms with Crippen molar-refractivity contribution in [1.82, 2.24) is 20.4 Å². The first kappa shape index (κ1) is 22.8. The second-order valence-electron chi connectivity index (χ2n) is 8.03. The van der Waals surface area contributed by atoms with Crippen LogP contribution in [-0.2, 0) is 9.53 Å². The number of hydrogen-bond donors (Lipinski definition) is 2. The number of hydrogen-bond acceptors (Lipinski definition) is 6. The maximum absolute atomic E-state index is 13.0. The minimum Gasteiger partial charge on any atom is -0.463 e. The van der Waals surface area contributed by atoms with Gasteiger partial charge in [-0.05, 0) is 31.9 Å². The van der Waals surface area contributed by atoms with Crippen molar-refractivity contribution in [3.05, 3.63) is 46.2 Å². The first-order valence-corrected chi connectivity index (χ1v) is 10.8. The van der Waals surface area contributed by atoms with Crippen LogP contribution in [-0.4, -0.2) is 67.7 Å². The summed E-state index contributed by atoms with van der Waals surface area (Å²) in [6.45, 7) is 10.6. The summed E-state index contributed by atoms with van der Waals surface area (Å²) in [5.74, 6) is -0.413. The molecule has 8 heteroatoms. The molecule has 1 fully saturated rings. The Bertz CT molecular complexity index is 897. The molecule has 8 nitrogen and oxygen atoms in total. The van der Waals surface area contributed by atoms with Crippen LogP contribution < -0.4 is 10.6 Å². The van der Waals surface area contributed by atoms with Crippen LogP contribution in [0.25, 0.3) is 0 Å². The Morgan fingerprint density at radius 3 is 2.61 bits per heavy atom. The summed E-state index contributed by atoms with van der Waals surface area (Å²) < 4.78 is 5.37. The number of aryl methyl sites for hydroxylation is 2. The van der Waals surface area contributed by atoms with Crippen molar-refractivity contribution < 1.29 is 14.3 Å². The highest BCUT2D eigenvalue weighted by Gasteiger charge is 2.35. The molecular formula is C23H31N5O3. The number of carbonyl (C=O) groups excluding carboxylic acids is 2. The number of rotatable bonds is 7. The molecule has 0 aliphatic carbocycles. The molecule has 166 valence electrons. The Kier molecular flexibility index (Phi) is 7.66. The van der Waals surface area contributed by atoms with Crippen molar-refractivity contribution in [2.24, 2.45) is 0 Å². The lowest BCUT2D eigenvalue weighted by Crippen LogP contribution is -2.51. The first-order valence-electron chi connectivity index (χ1n) is 10.8. The van der Waals surface area contributed by atoms with Crippen LogP contribution in [0.2, 0.25) is 0 Å². The predicted molar refractivity (Wildman–Crippen MR) is 117 cm³/mol. The van der Waals surface area contributed by atoms with E-state index in [2.05, 4.69) is 26.5 Å². The fourth-order valence-electron chi connectivity index (χ4n) is 4.10. The third-order valence-electron chi connectivity index (χ3n) is 5.78. The molecular weight excluding hydrogens is 394 g/mol. The van der Waals surface area contributed by atoms with Gasteiger partial charge in [-0.3, -0.25) is 9.80 Å². The topological polar surface area (TPSA) is 97.7 Å². The van der Waals surface area contributed by atoms with E-state index in [1.54, 1.807) is 6.92 Å². The zero-order valence-electron chi connectivity index (χ0n) is 18.5. The fourth-order valence-corrected chi connectivity index (χ4v) is 4.10. The normalized spacial score (nSPS) is 20.1. The summed E-state index contributed by atoms with van der Waals surface area (Å²) in [5, 5.41) is 14.6. The number of nitrogens with one attached hydrogen (secondary N) is 2. The summed E-state index contributed by atoms with van der Waals surface area (Å²) in [6.07, 6.45) is 0.525. The molecule has 2 aliphatic rings. The van der Waals surface area contributed by atoms with Gasteiger partial charge in [-0.1, -0.05) is 23.8 Å². The summed E-state index contributed by atoms with van der Waals surface area (Å²) >= 11 is 0. The Hall–Kier alpha value is -2.89. The van der Waals surface area contributed by atoms with Gasteiger partial charge in [0.25, 0.3) is 0 Å². The van der Waals surface area contributed by atoms with Gasteiger partial charge in [-0.15, -0.1) is 0 Å². The van der Waals surface area contributed by atoms with Crippen LogP contribution >= 0.6 is 0 Å². The van der Waals surface area contributed by atoms with Gasteiger partial charge in [0.1, 0.15) is 0 Å². The van der Waals surface area contributed by atoms with E-state index in [9.17, 15) is 9.59 Å². The van der Waals surface area contributed by atoms with Gasteiger partial charge < -0.3 is 15.4 Å². The van der Waals surface area contributed by atoms with Crippen LogP contribution in [0.3, 0.4) is 0 Å². The van der Waals surface area contributed by atoms with Crippen LogP contribution in [0.15, 0.2) is 29.5 Å². The largest absolute Gasteiger partial charge is 0.463 e. The molecule has 0 spiro atoms. The molecule has 1 saturated heterocycles. The number of nitrogens with zero attached hydrogens (tertiary/aromatic N) is 3. The number of piperazine rings is 1. The molecule has 2 amide bonds. The minimum absolute atomic E-state index is 0.265. The van der Waals surface area contributed by atoms with Gasteiger partial charge in [0, 0.05) is 51.4 Å². The highest BCUT2D eigenvalue weighted by atomic mass is 16.5. The Morgan fingerprint density at radius 2 is 1.94 bits per heavy atom. The zero-order chi connectivity index (χ0) is 22.4. The molecule has 0 bridgehead atoms. The summed E-state index contributed by atoms with van der Waals surface area (Å²) in [7, 11) is 0. The number of benzene rings is 1. The maximum Gasteiger partial charge on any atom is 0.338 e. The predicted octanol–water partition coefficient (Wildman–Crippen LogP) is 2.01. The quantitative estimate of drug-likeness (QED) is 0.649. The van der Waals surface area contributed by atoms with E-state index in [0.29, 0.717) is 24.2 Å². The van der Waals surface area contributed by atoms with Crippen molar-refractivity contribution in [3.8, 4) is 6.07 Å². The van der Waals surface area contributed by atoms with Crippen molar-refractivity contribution in [2.75, 3.05) is 45.9 Å². The number of esters is 1. The van der Waals surface area contributed by atoms with Crippen molar-refractivity contribution in [2.45, 2.75) is 33.2 Å². The van der Waals surface area contributed by atoms with Crippen LogP contribution in [0, 0.1) is 25.2 Å². The second-order valence-corrected chi connectivity index (χ2v) is 8.03. The molecule has 3 rings (SSSR count). The molecule has 1 aromatic rings. The molecule has 0 saturated carbocycles. The molecule has 0 aromatic heterocycles. The molecule has 2 heterocycles. The third-order valence-corrected chi connectivity index (χ3v) is 5.78. The van der Waals surface area contributed by atoms with E-state index >= 15 is 0 Å². The van der Waals surface area contributed by atoms with Crippen LogP contribution in [0.1, 0.15) is 36.1 Å². The lowest BCUT2D eigenvalue weighted by Gasteiger charge is -2.37. The fraction of sp³-hybridized carbons (Fsp3) is 0.522. The number of urea groups is 1. The van der Waals surface area contributed by atoms with Gasteiger partial charge in [0.05, 0.1) is 24.3 Å². The number of ether oxygens (including phenoxy) is 1. The molecule has 0 unspecified atom stereocenters. The number of amides is 2. The SMILES string of the molecule is CCOC(=O)C1=C(CN2CCN(CCC#N)CC2)NC(=O)N[C@H]1c1cc(C)ccc1C. The van der Waals surface area contributed by atoms with Gasteiger partial charge in [-0.2, -0.15) is 5.26 Å². The number of carbonyl (C=O) groups is 2. The van der Waals surface area contributed by atoms with E-state index in [1.807, 2.05) is 32.0 Å². The van der Waals surface area contributed by atoms with Gasteiger partial charge >= 0.3 is 12.0 Å². The van der Waals surface area contributed by atoms with Crippen molar-refractivity contribution >= 4 is 12.0 Å². The van der Waals surface area contributed by atoms with Crippen LogP contribution in [0.5, 0.6) is 0 Å². The lowest BCUT2D eigenvalue weighted by molar-refractivity contribution is -0.139. The van der Waals surface area contributed by atoms with Crippen molar-refractivity contribution in [3.63, 3.8) is 0 Å². The second kappa shape index (κ2) is 10.4. The Labute approximate surface area is 183 Å². The van der Waals surface area contributed by atoms with Gasteiger partial charge in [0.2, 0.25) is 0 Å². The molecule has 1 atom stereocenters. The van der Waals surface area contributed by atoms with E-state index in [1.165, 1.54) is 0 Å². The van der Waals surface area contributed by atoms with E-state index in [0.717, 1.165) is 49.4 Å². The highest BCUT2D eigenvalue weighted by molar-refractivity contribution is 5.95. The molecule has 2 N–H and O–H groups in total. The highest BCUT2D eigenvalue weighted by Crippen LogP contribution is 2.31. The zero-order valence-corrected chi connectivity index (χ0v) is 18.5. The molecule has 0 radical (unpaired) electrons. The Morgan fingerprint density at radius 1 is 1.23 bits per heavy atom. The molecule has 1 aromatic carbocycles. The van der Waals surface area contributed by atoms with Crippen LogP contribution in [0.4, 0.5) is 4.79 Å². The summed E-state index contributed by atoms with van der Waals surface area (Å²) in [4.78, 5) is 30.0. The molecule has 2 aliphatic heterocycles. The summed E-state index contributed by atoms with van der Waals surface area (Å²) in [6, 6.07) is 7.34. The van der Waals surface area contributed by atoms with E-state index < -0.39 is 12.0 Å². The van der Waals surface area contributed by atoms with Gasteiger partial charge in [-0.25, -0.2) is 9.59 Å². The smallest absolute Gasteiger partial charge is 0.338 e. The first-order chi connectivity index (χ1) is 14.9.